The predicted molar refractivity (Wildman–Crippen MR) is 105 cm³/mol. The van der Waals surface area contributed by atoms with Gasteiger partial charge in [0.15, 0.2) is 6.73 Å². The fourth-order valence-corrected chi connectivity index (χ4v) is 4.72. The summed E-state index contributed by atoms with van der Waals surface area (Å²) in [6.07, 6.45) is 4.44. The normalized spacial score (nSPS) is 25.3. The molecule has 2 N–H and O–H groups in total. The van der Waals surface area contributed by atoms with E-state index in [1.54, 1.807) is 24.3 Å². The molecule has 1 aliphatic carbocycles. The van der Waals surface area contributed by atoms with Crippen LogP contribution in [0, 0.1) is 5.92 Å². The van der Waals surface area contributed by atoms with Gasteiger partial charge in [0.05, 0.1) is 11.3 Å². The van der Waals surface area contributed by atoms with Gasteiger partial charge in [-0.2, -0.15) is 0 Å². The lowest BCUT2D eigenvalue weighted by atomic mass is 9.97. The Morgan fingerprint density at radius 2 is 2.04 bits per heavy atom. The number of carboxylic acid groups (broad SMARTS) is 1. The van der Waals surface area contributed by atoms with Crippen molar-refractivity contribution in [2.24, 2.45) is 5.92 Å². The van der Waals surface area contributed by atoms with E-state index in [9.17, 15) is 9.59 Å². The molecule has 0 bridgehead atoms. The lowest BCUT2D eigenvalue weighted by Crippen LogP contribution is -2.24. The van der Waals surface area contributed by atoms with E-state index in [0.29, 0.717) is 30.2 Å². The number of hydrogen-bond acceptors (Lipinski definition) is 5. The number of aromatic carboxylic acids is 1. The molecular weight excluding hydrogens is 356 g/mol. The van der Waals surface area contributed by atoms with Crippen LogP contribution in [0.3, 0.4) is 0 Å². The summed E-state index contributed by atoms with van der Waals surface area (Å²) in [7, 11) is 0. The van der Waals surface area contributed by atoms with Gasteiger partial charge in [-0.3, -0.25) is 4.79 Å². The highest BCUT2D eigenvalue weighted by atomic mass is 16.5. The van der Waals surface area contributed by atoms with Crippen molar-refractivity contribution < 1.29 is 19.4 Å². The van der Waals surface area contributed by atoms with Crippen LogP contribution in [0.2, 0.25) is 0 Å². The van der Waals surface area contributed by atoms with Gasteiger partial charge < -0.3 is 20.1 Å². The minimum atomic E-state index is -0.942. The van der Waals surface area contributed by atoms with Crippen molar-refractivity contribution in [2.45, 2.75) is 31.2 Å². The number of hydrogen-bond donors (Lipinski definition) is 2. The first-order valence-corrected chi connectivity index (χ1v) is 9.76. The van der Waals surface area contributed by atoms with Crippen molar-refractivity contribution in [1.82, 2.24) is 5.32 Å². The molecule has 0 aromatic heterocycles. The Hall–Kier alpha value is -2.86. The first-order chi connectivity index (χ1) is 13.7. The third kappa shape index (κ3) is 2.76. The second kappa shape index (κ2) is 6.63. The molecule has 1 saturated heterocycles. The SMILES string of the molecule is O=Cc1ccc2c(c1C1CC1C1CCCN1)OCN2c1ccc(C(=O)O)cc1. The predicted octanol–water partition coefficient (Wildman–Crippen LogP) is 3.54. The van der Waals surface area contributed by atoms with Gasteiger partial charge in [-0.1, -0.05) is 0 Å². The molecule has 3 aliphatic rings. The van der Waals surface area contributed by atoms with Crippen molar-refractivity contribution in [1.29, 1.82) is 0 Å². The molecule has 2 aliphatic heterocycles. The molecule has 3 unspecified atom stereocenters. The highest BCUT2D eigenvalue weighted by molar-refractivity contribution is 5.89. The average molecular weight is 378 g/mol. The summed E-state index contributed by atoms with van der Waals surface area (Å²) in [6, 6.07) is 11.1. The minimum Gasteiger partial charge on any atom is -0.478 e. The Morgan fingerprint density at radius 1 is 1.21 bits per heavy atom. The molecule has 6 heteroatoms. The number of carbonyl (C=O) groups excluding carboxylic acids is 1. The van der Waals surface area contributed by atoms with Crippen LogP contribution in [0.1, 0.15) is 51.5 Å². The number of aldehydes is 1. The number of nitrogens with one attached hydrogen (secondary N) is 1. The van der Waals surface area contributed by atoms with E-state index in [1.807, 2.05) is 17.0 Å². The monoisotopic (exact) mass is 378 g/mol. The van der Waals surface area contributed by atoms with Gasteiger partial charge in [0.25, 0.3) is 0 Å². The largest absolute Gasteiger partial charge is 0.478 e. The Bertz CT molecular complexity index is 934. The molecule has 2 fully saturated rings. The van der Waals surface area contributed by atoms with Crippen LogP contribution < -0.4 is 15.0 Å². The quantitative estimate of drug-likeness (QED) is 0.775. The van der Waals surface area contributed by atoms with E-state index in [1.165, 1.54) is 12.8 Å². The van der Waals surface area contributed by atoms with E-state index in [0.717, 1.165) is 41.9 Å². The summed E-state index contributed by atoms with van der Waals surface area (Å²) in [5.74, 6) is 0.792. The third-order valence-corrected chi connectivity index (χ3v) is 6.22. The lowest BCUT2D eigenvalue weighted by Gasteiger charge is -2.17. The van der Waals surface area contributed by atoms with Crippen LogP contribution in [0.4, 0.5) is 11.4 Å². The van der Waals surface area contributed by atoms with Crippen LogP contribution in [0.5, 0.6) is 5.75 Å². The maximum absolute atomic E-state index is 11.7. The molecule has 28 heavy (non-hydrogen) atoms. The van der Waals surface area contributed by atoms with E-state index >= 15 is 0 Å². The molecule has 2 aromatic rings. The standard InChI is InChI=1S/C22H22N2O4/c25-11-14-5-8-19-21(20(14)17-10-16(17)18-2-1-9-23-18)28-12-24(19)15-6-3-13(4-7-15)22(26)27/h3-8,11,16-18,23H,1-2,9-10,12H2,(H,26,27). The van der Waals surface area contributed by atoms with Crippen molar-refractivity contribution in [3.05, 3.63) is 53.1 Å². The zero-order valence-corrected chi connectivity index (χ0v) is 15.4. The Morgan fingerprint density at radius 3 is 2.71 bits per heavy atom. The van der Waals surface area contributed by atoms with Gasteiger partial charge in [0.1, 0.15) is 12.0 Å². The van der Waals surface area contributed by atoms with Gasteiger partial charge in [0.2, 0.25) is 0 Å². The number of rotatable bonds is 5. The first-order valence-electron chi connectivity index (χ1n) is 9.76. The zero-order chi connectivity index (χ0) is 19.3. The van der Waals surface area contributed by atoms with Crippen LogP contribution in [-0.2, 0) is 0 Å². The topological polar surface area (TPSA) is 78.9 Å². The van der Waals surface area contributed by atoms with E-state index in [-0.39, 0.29) is 5.56 Å². The van der Waals surface area contributed by atoms with Crippen molar-refractivity contribution >= 4 is 23.6 Å². The summed E-state index contributed by atoms with van der Waals surface area (Å²) in [6.45, 7) is 1.44. The van der Waals surface area contributed by atoms with E-state index in [4.69, 9.17) is 9.84 Å². The lowest BCUT2D eigenvalue weighted by molar-refractivity contribution is 0.0696. The molecule has 2 aromatic carbocycles. The van der Waals surface area contributed by atoms with Gasteiger partial charge in [-0.25, -0.2) is 4.79 Å². The molecule has 5 rings (SSSR count). The third-order valence-electron chi connectivity index (χ3n) is 6.22. The molecule has 0 radical (unpaired) electrons. The second-order valence-electron chi connectivity index (χ2n) is 7.80. The highest BCUT2D eigenvalue weighted by Gasteiger charge is 2.47. The molecule has 0 spiro atoms. The summed E-state index contributed by atoms with van der Waals surface area (Å²) in [4.78, 5) is 24.8. The molecule has 1 saturated carbocycles. The molecule has 0 amide bonds. The number of benzene rings is 2. The number of anilines is 2. The van der Waals surface area contributed by atoms with Gasteiger partial charge in [0, 0.05) is 22.9 Å². The van der Waals surface area contributed by atoms with E-state index in [2.05, 4.69) is 5.32 Å². The average Bonchev–Trinajstić information content (AvgIpc) is 3.12. The Balaban J connectivity index is 1.48. The fraction of sp³-hybridized carbons (Fsp3) is 0.364. The Kier molecular flexibility index (Phi) is 4.09. The van der Waals surface area contributed by atoms with Crippen molar-refractivity contribution in [3.8, 4) is 5.75 Å². The van der Waals surface area contributed by atoms with E-state index < -0.39 is 5.97 Å². The van der Waals surface area contributed by atoms with Gasteiger partial charge >= 0.3 is 5.97 Å². The summed E-state index contributed by atoms with van der Waals surface area (Å²) in [5.41, 5.74) is 3.82. The van der Waals surface area contributed by atoms with Crippen molar-refractivity contribution in [3.63, 3.8) is 0 Å². The van der Waals surface area contributed by atoms with Crippen LogP contribution in [0.15, 0.2) is 36.4 Å². The zero-order valence-electron chi connectivity index (χ0n) is 15.4. The Labute approximate surface area is 163 Å². The molecule has 6 nitrogen and oxygen atoms in total. The summed E-state index contributed by atoms with van der Waals surface area (Å²) < 4.78 is 6.06. The maximum atomic E-state index is 11.7. The molecule has 2 heterocycles. The number of nitrogens with zero attached hydrogens (tertiary/aromatic N) is 1. The number of fused-ring (bicyclic) bond motifs is 1. The fourth-order valence-electron chi connectivity index (χ4n) is 4.72. The molecular formula is C22H22N2O4. The second-order valence-corrected chi connectivity index (χ2v) is 7.80. The number of carbonyl (C=O) groups is 2. The van der Waals surface area contributed by atoms with Gasteiger partial charge in [-0.15, -0.1) is 0 Å². The van der Waals surface area contributed by atoms with Crippen LogP contribution in [-0.4, -0.2) is 36.7 Å². The number of ether oxygens (including phenoxy) is 1. The molecule has 3 atom stereocenters. The number of carboxylic acids is 1. The first kappa shape index (κ1) is 17.3. The molecule has 144 valence electrons. The van der Waals surface area contributed by atoms with Gasteiger partial charge in [-0.05, 0) is 74.0 Å². The smallest absolute Gasteiger partial charge is 0.335 e. The van der Waals surface area contributed by atoms with Crippen LogP contribution >= 0.6 is 0 Å². The van der Waals surface area contributed by atoms with Crippen molar-refractivity contribution in [2.75, 3.05) is 18.2 Å². The summed E-state index contributed by atoms with van der Waals surface area (Å²) in [5, 5.41) is 12.7. The van der Waals surface area contributed by atoms with Crippen LogP contribution in [0.25, 0.3) is 0 Å². The minimum absolute atomic E-state index is 0.256. The summed E-state index contributed by atoms with van der Waals surface area (Å²) >= 11 is 0. The maximum Gasteiger partial charge on any atom is 0.335 e. The highest BCUT2D eigenvalue weighted by Crippen LogP contribution is 2.57.